The van der Waals surface area contributed by atoms with Gasteiger partial charge in [0.1, 0.15) is 11.6 Å². The van der Waals surface area contributed by atoms with Crippen molar-refractivity contribution in [1.82, 2.24) is 14.7 Å². The number of hydrogen-bond acceptors (Lipinski definition) is 2. The zero-order chi connectivity index (χ0) is 16.1. The lowest BCUT2D eigenvalue weighted by molar-refractivity contribution is -0.125. The number of fused-ring (bicyclic) bond motifs is 4. The summed E-state index contributed by atoms with van der Waals surface area (Å²) in [4.78, 5) is 13.3. The molecule has 1 aromatic carbocycles. The molecule has 2 aliphatic heterocycles. The number of aromatic nitrogens is 2. The predicted octanol–water partition coefficient (Wildman–Crippen LogP) is 2.97. The van der Waals surface area contributed by atoms with Crippen LogP contribution in [0.2, 0.25) is 0 Å². The van der Waals surface area contributed by atoms with Crippen LogP contribution in [0.25, 0.3) is 11.3 Å². The highest BCUT2D eigenvalue weighted by atomic mass is 19.1. The molecule has 0 aliphatic carbocycles. The normalized spacial score (nSPS) is 22.8. The first-order valence-electron chi connectivity index (χ1n) is 7.83. The number of benzene rings is 1. The van der Waals surface area contributed by atoms with Crippen molar-refractivity contribution in [2.24, 2.45) is 7.05 Å². The Labute approximate surface area is 132 Å². The number of hydrogen-bond donors (Lipinski definition) is 0. The van der Waals surface area contributed by atoms with Crippen molar-refractivity contribution in [3.63, 3.8) is 0 Å². The molecule has 23 heavy (non-hydrogen) atoms. The molecule has 1 aromatic heterocycles. The van der Waals surface area contributed by atoms with Gasteiger partial charge in [0.05, 0.1) is 17.4 Å². The average molecular weight is 317 g/mol. The smallest absolute Gasteiger partial charge is 0.210 e. The second-order valence-electron chi connectivity index (χ2n) is 6.35. The molecule has 1 fully saturated rings. The number of halogens is 2. The molecule has 3 heterocycles. The molecule has 4 rings (SSSR count). The van der Waals surface area contributed by atoms with Crippen molar-refractivity contribution in [1.29, 1.82) is 0 Å². The third kappa shape index (κ3) is 2.16. The number of nitrogens with zero attached hydrogens (tertiary/aromatic N) is 3. The Kier molecular flexibility index (Phi) is 3.21. The van der Waals surface area contributed by atoms with Gasteiger partial charge in [-0.2, -0.15) is 5.10 Å². The molecular weight excluding hydrogens is 300 g/mol. The van der Waals surface area contributed by atoms with E-state index >= 15 is 0 Å². The maximum atomic E-state index is 13.6. The van der Waals surface area contributed by atoms with Gasteiger partial charge < -0.3 is 4.90 Å². The first-order valence-corrected chi connectivity index (χ1v) is 7.83. The molecule has 4 nitrogen and oxygen atoms in total. The molecule has 1 amide bonds. The lowest BCUT2D eigenvalue weighted by atomic mass is 9.82. The van der Waals surface area contributed by atoms with Gasteiger partial charge in [0.15, 0.2) is 0 Å². The summed E-state index contributed by atoms with van der Waals surface area (Å²) >= 11 is 0. The van der Waals surface area contributed by atoms with Crippen molar-refractivity contribution in [2.45, 2.75) is 37.8 Å². The van der Waals surface area contributed by atoms with Gasteiger partial charge in [0, 0.05) is 30.3 Å². The molecule has 0 radical (unpaired) electrons. The van der Waals surface area contributed by atoms with Gasteiger partial charge in [-0.15, -0.1) is 0 Å². The van der Waals surface area contributed by atoms with Crippen molar-refractivity contribution in [3.05, 3.63) is 41.1 Å². The summed E-state index contributed by atoms with van der Waals surface area (Å²) < 4.78 is 28.9. The van der Waals surface area contributed by atoms with Gasteiger partial charge in [0.2, 0.25) is 6.41 Å². The lowest BCUT2D eigenvalue weighted by Gasteiger charge is -2.43. The Morgan fingerprint density at radius 2 is 1.96 bits per heavy atom. The third-order valence-electron chi connectivity index (χ3n) is 4.99. The summed E-state index contributed by atoms with van der Waals surface area (Å²) in [6.07, 6.45) is 4.51. The summed E-state index contributed by atoms with van der Waals surface area (Å²) in [6, 6.07) is 3.67. The van der Waals surface area contributed by atoms with Crippen LogP contribution in [-0.2, 0) is 18.3 Å². The van der Waals surface area contributed by atoms with E-state index in [1.165, 1.54) is 12.1 Å². The van der Waals surface area contributed by atoms with Crippen LogP contribution in [0.4, 0.5) is 8.78 Å². The standard InChI is InChI=1S/C17H17F2N3O/c1-21-17(10-5-11(18)7-12(19)6-10)14-8-13-3-2-4-15(16(14)20-21)22(13)9-23/h5-7,9,13,15H,2-4,8H2,1H3/t13-,15+/m1/s1. The maximum absolute atomic E-state index is 13.6. The molecule has 2 atom stereocenters. The van der Waals surface area contributed by atoms with Gasteiger partial charge in [-0.1, -0.05) is 0 Å². The summed E-state index contributed by atoms with van der Waals surface area (Å²) in [7, 11) is 1.78. The fourth-order valence-corrected chi connectivity index (χ4v) is 4.09. The van der Waals surface area contributed by atoms with Crippen LogP contribution in [0.3, 0.4) is 0 Å². The molecule has 2 aromatic rings. The minimum absolute atomic E-state index is 0.0200. The molecule has 0 spiro atoms. The molecule has 0 unspecified atom stereocenters. The Morgan fingerprint density at radius 3 is 2.65 bits per heavy atom. The van der Waals surface area contributed by atoms with Crippen LogP contribution in [0.1, 0.15) is 36.6 Å². The fraction of sp³-hybridized carbons (Fsp3) is 0.412. The monoisotopic (exact) mass is 317 g/mol. The van der Waals surface area contributed by atoms with E-state index in [1.807, 2.05) is 4.90 Å². The Hall–Kier alpha value is -2.24. The number of piperidine rings is 1. The fourth-order valence-electron chi connectivity index (χ4n) is 4.09. The molecule has 6 heteroatoms. The average Bonchev–Trinajstić information content (AvgIpc) is 2.81. The Morgan fingerprint density at radius 1 is 1.22 bits per heavy atom. The zero-order valence-electron chi connectivity index (χ0n) is 12.8. The minimum atomic E-state index is -0.597. The molecule has 1 saturated heterocycles. The van der Waals surface area contributed by atoms with Crippen molar-refractivity contribution in [2.75, 3.05) is 0 Å². The molecule has 2 aliphatic rings. The molecule has 2 bridgehead atoms. The van der Waals surface area contributed by atoms with Crippen LogP contribution >= 0.6 is 0 Å². The molecular formula is C17H17F2N3O. The van der Waals surface area contributed by atoms with Gasteiger partial charge >= 0.3 is 0 Å². The number of amides is 1. The van der Waals surface area contributed by atoms with Gasteiger partial charge in [-0.05, 0) is 37.8 Å². The summed E-state index contributed by atoms with van der Waals surface area (Å²) in [6.45, 7) is 0. The first kappa shape index (κ1) is 14.4. The number of rotatable bonds is 2. The zero-order valence-corrected chi connectivity index (χ0v) is 12.8. The van der Waals surface area contributed by atoms with E-state index in [1.54, 1.807) is 11.7 Å². The van der Waals surface area contributed by atoms with E-state index in [0.29, 0.717) is 12.0 Å². The van der Waals surface area contributed by atoms with E-state index in [0.717, 1.165) is 48.7 Å². The largest absolute Gasteiger partial charge is 0.333 e. The van der Waals surface area contributed by atoms with Crippen LogP contribution in [0, 0.1) is 11.6 Å². The summed E-state index contributed by atoms with van der Waals surface area (Å²) in [5.74, 6) is -1.19. The molecule has 0 saturated carbocycles. The summed E-state index contributed by atoms with van der Waals surface area (Å²) in [5.41, 5.74) is 3.14. The maximum Gasteiger partial charge on any atom is 0.210 e. The van der Waals surface area contributed by atoms with Crippen LogP contribution < -0.4 is 0 Å². The molecule has 0 N–H and O–H groups in total. The first-order chi connectivity index (χ1) is 11.1. The Bertz CT molecular complexity index is 766. The van der Waals surface area contributed by atoms with Gasteiger partial charge in [-0.25, -0.2) is 8.78 Å². The number of carbonyl (C=O) groups excluding carboxylic acids is 1. The number of carbonyl (C=O) groups is 1. The second kappa shape index (κ2) is 5.15. The van der Waals surface area contributed by atoms with Gasteiger partial charge in [0.25, 0.3) is 0 Å². The summed E-state index contributed by atoms with van der Waals surface area (Å²) in [5, 5.41) is 4.58. The van der Waals surface area contributed by atoms with E-state index in [9.17, 15) is 13.6 Å². The highest BCUT2D eigenvalue weighted by Gasteiger charge is 2.40. The van der Waals surface area contributed by atoms with Crippen molar-refractivity contribution in [3.8, 4) is 11.3 Å². The van der Waals surface area contributed by atoms with Crippen molar-refractivity contribution < 1.29 is 13.6 Å². The number of aryl methyl sites for hydroxylation is 1. The predicted molar refractivity (Wildman–Crippen MR) is 80.5 cm³/mol. The minimum Gasteiger partial charge on any atom is -0.333 e. The Balaban J connectivity index is 1.89. The van der Waals surface area contributed by atoms with E-state index in [-0.39, 0.29) is 12.1 Å². The van der Waals surface area contributed by atoms with Crippen LogP contribution in [0.15, 0.2) is 18.2 Å². The van der Waals surface area contributed by atoms with Gasteiger partial charge in [-0.3, -0.25) is 9.48 Å². The third-order valence-corrected chi connectivity index (χ3v) is 4.99. The lowest BCUT2D eigenvalue weighted by Crippen LogP contribution is -2.45. The SMILES string of the molecule is Cn1nc2c(c1-c1cc(F)cc(F)c1)C[C@H]1CCC[C@@H]2N1C=O. The van der Waals surface area contributed by atoms with Crippen LogP contribution in [-0.4, -0.2) is 27.1 Å². The van der Waals surface area contributed by atoms with E-state index in [2.05, 4.69) is 5.10 Å². The molecule has 120 valence electrons. The van der Waals surface area contributed by atoms with Crippen molar-refractivity contribution >= 4 is 6.41 Å². The van der Waals surface area contributed by atoms with E-state index in [4.69, 9.17) is 0 Å². The quantitative estimate of drug-likeness (QED) is 0.799. The second-order valence-corrected chi connectivity index (χ2v) is 6.35. The van der Waals surface area contributed by atoms with Crippen LogP contribution in [0.5, 0.6) is 0 Å². The van der Waals surface area contributed by atoms with E-state index < -0.39 is 11.6 Å². The topological polar surface area (TPSA) is 38.1 Å². The highest BCUT2D eigenvalue weighted by molar-refractivity contribution is 5.67. The highest BCUT2D eigenvalue weighted by Crippen LogP contribution is 2.43.